The van der Waals surface area contributed by atoms with Crippen molar-refractivity contribution in [2.24, 2.45) is 5.73 Å². The number of nitrogens with one attached hydrogen (secondary N) is 2. The van der Waals surface area contributed by atoms with Gasteiger partial charge in [0.25, 0.3) is 0 Å². The van der Waals surface area contributed by atoms with Gasteiger partial charge >= 0.3 is 6.03 Å². The summed E-state index contributed by atoms with van der Waals surface area (Å²) in [7, 11) is 0. The first-order valence-electron chi connectivity index (χ1n) is 6.28. The van der Waals surface area contributed by atoms with Gasteiger partial charge in [0.1, 0.15) is 11.7 Å². The Bertz CT molecular complexity index is 497. The van der Waals surface area contributed by atoms with E-state index in [1.807, 2.05) is 0 Å². The molecule has 0 radical (unpaired) electrons. The number of amidine groups is 1. The number of carbonyl (C=O) groups excluding carboxylic acids is 1. The molecule has 19 heavy (non-hydrogen) atoms. The van der Waals surface area contributed by atoms with E-state index in [9.17, 15) is 9.18 Å². The number of amides is 2. The van der Waals surface area contributed by atoms with Crippen molar-refractivity contribution in [1.29, 1.82) is 5.41 Å². The van der Waals surface area contributed by atoms with Crippen LogP contribution in [0.1, 0.15) is 24.8 Å². The minimum absolute atomic E-state index is 0.00329. The lowest BCUT2D eigenvalue weighted by molar-refractivity contribution is 0.200. The summed E-state index contributed by atoms with van der Waals surface area (Å²) in [6, 6.07) is 3.84. The Hall–Kier alpha value is -2.11. The van der Waals surface area contributed by atoms with Crippen molar-refractivity contribution >= 4 is 17.6 Å². The number of urea groups is 1. The van der Waals surface area contributed by atoms with Gasteiger partial charge in [0.15, 0.2) is 0 Å². The predicted molar refractivity (Wildman–Crippen MR) is 71.9 cm³/mol. The molecule has 0 atom stereocenters. The summed E-state index contributed by atoms with van der Waals surface area (Å²) in [5.41, 5.74) is 5.72. The number of hydrogen-bond donors (Lipinski definition) is 3. The van der Waals surface area contributed by atoms with Crippen molar-refractivity contribution < 1.29 is 9.18 Å². The summed E-state index contributed by atoms with van der Waals surface area (Å²) in [5.74, 6) is -0.921. The molecule has 1 aromatic rings. The molecule has 0 unspecified atom stereocenters. The Morgan fingerprint density at radius 1 is 1.32 bits per heavy atom. The summed E-state index contributed by atoms with van der Waals surface area (Å²) in [5, 5.41) is 9.97. The van der Waals surface area contributed by atoms with Crippen molar-refractivity contribution in [2.45, 2.75) is 19.3 Å². The smallest absolute Gasteiger partial charge is 0.321 e. The van der Waals surface area contributed by atoms with Gasteiger partial charge < -0.3 is 16.0 Å². The van der Waals surface area contributed by atoms with Crippen molar-refractivity contribution in [3.8, 4) is 0 Å². The fourth-order valence-corrected chi connectivity index (χ4v) is 2.11. The van der Waals surface area contributed by atoms with Gasteiger partial charge in [0.2, 0.25) is 0 Å². The fraction of sp³-hybridized carbons (Fsp3) is 0.385. The lowest BCUT2D eigenvalue weighted by Gasteiger charge is -2.26. The first kappa shape index (κ1) is 13.3. The molecule has 0 spiro atoms. The highest BCUT2D eigenvalue weighted by Gasteiger charge is 2.17. The summed E-state index contributed by atoms with van der Waals surface area (Å²) >= 11 is 0. The molecule has 0 bridgehead atoms. The summed E-state index contributed by atoms with van der Waals surface area (Å²) in [4.78, 5) is 13.7. The molecule has 5 nitrogen and oxygen atoms in total. The number of benzene rings is 1. The molecule has 2 amide bonds. The molecular formula is C13H17FN4O. The van der Waals surface area contributed by atoms with Gasteiger partial charge in [-0.15, -0.1) is 0 Å². The normalized spacial score (nSPS) is 15.1. The third kappa shape index (κ3) is 3.21. The van der Waals surface area contributed by atoms with E-state index < -0.39 is 5.82 Å². The summed E-state index contributed by atoms with van der Waals surface area (Å²) < 4.78 is 13.4. The maximum absolute atomic E-state index is 13.4. The lowest BCUT2D eigenvalue weighted by atomic mass is 10.1. The van der Waals surface area contributed by atoms with E-state index in [-0.39, 0.29) is 17.4 Å². The van der Waals surface area contributed by atoms with Crippen LogP contribution in [0, 0.1) is 11.2 Å². The summed E-state index contributed by atoms with van der Waals surface area (Å²) in [6.07, 6.45) is 3.17. The van der Waals surface area contributed by atoms with Gasteiger partial charge in [-0.1, -0.05) is 0 Å². The molecule has 102 valence electrons. The first-order valence-corrected chi connectivity index (χ1v) is 6.28. The number of nitrogens with zero attached hydrogens (tertiary/aromatic N) is 1. The molecule has 4 N–H and O–H groups in total. The van der Waals surface area contributed by atoms with Gasteiger partial charge in [0.05, 0.1) is 5.56 Å². The minimum Gasteiger partial charge on any atom is -0.384 e. The molecular weight excluding hydrogens is 247 g/mol. The zero-order chi connectivity index (χ0) is 13.8. The molecule has 0 saturated carbocycles. The summed E-state index contributed by atoms with van der Waals surface area (Å²) in [6.45, 7) is 1.49. The van der Waals surface area contributed by atoms with Gasteiger partial charge in [0, 0.05) is 18.8 Å². The number of halogens is 1. The van der Waals surface area contributed by atoms with E-state index in [0.29, 0.717) is 5.69 Å². The highest BCUT2D eigenvalue weighted by Crippen LogP contribution is 2.16. The van der Waals surface area contributed by atoms with Gasteiger partial charge in [-0.25, -0.2) is 9.18 Å². The third-order valence-corrected chi connectivity index (χ3v) is 3.15. The SMILES string of the molecule is N=C(N)c1cc(NC(=O)N2CCCCC2)ccc1F. The number of nitrogens with two attached hydrogens (primary N) is 1. The van der Waals surface area contributed by atoms with Crippen molar-refractivity contribution in [1.82, 2.24) is 4.90 Å². The molecule has 1 fully saturated rings. The van der Waals surface area contributed by atoms with Crippen LogP contribution in [0.2, 0.25) is 0 Å². The van der Waals surface area contributed by atoms with E-state index in [1.54, 1.807) is 4.90 Å². The molecule has 1 heterocycles. The quantitative estimate of drug-likeness (QED) is 0.565. The number of rotatable bonds is 2. The van der Waals surface area contributed by atoms with Crippen LogP contribution in [0.4, 0.5) is 14.9 Å². The molecule has 0 aromatic heterocycles. The molecule has 1 saturated heterocycles. The van der Waals surface area contributed by atoms with Crippen LogP contribution in [0.15, 0.2) is 18.2 Å². The first-order chi connectivity index (χ1) is 9.08. The van der Waals surface area contributed by atoms with Crippen LogP contribution in [-0.2, 0) is 0 Å². The zero-order valence-corrected chi connectivity index (χ0v) is 10.6. The van der Waals surface area contributed by atoms with Crippen LogP contribution in [-0.4, -0.2) is 29.9 Å². The van der Waals surface area contributed by atoms with Crippen LogP contribution < -0.4 is 11.1 Å². The standard InChI is InChI=1S/C13H17FN4O/c14-11-5-4-9(8-10(11)12(15)16)17-13(19)18-6-2-1-3-7-18/h4-5,8H,1-3,6-7H2,(H3,15,16)(H,17,19). The molecule has 6 heteroatoms. The zero-order valence-electron chi connectivity index (χ0n) is 10.6. The molecule has 0 aliphatic carbocycles. The number of piperidine rings is 1. The predicted octanol–water partition coefficient (Wildman–Crippen LogP) is 2.13. The van der Waals surface area contributed by atoms with Crippen LogP contribution >= 0.6 is 0 Å². The second-order valence-electron chi connectivity index (χ2n) is 4.59. The Kier molecular flexibility index (Phi) is 3.99. The Morgan fingerprint density at radius 3 is 2.63 bits per heavy atom. The number of carbonyl (C=O) groups is 1. The Labute approximate surface area is 111 Å². The number of likely N-dealkylation sites (tertiary alicyclic amines) is 1. The Morgan fingerprint density at radius 2 is 2.00 bits per heavy atom. The van der Waals surface area contributed by atoms with E-state index in [2.05, 4.69) is 5.32 Å². The molecule has 2 rings (SSSR count). The van der Waals surface area contributed by atoms with Gasteiger partial charge in [-0.2, -0.15) is 0 Å². The Balaban J connectivity index is 2.08. The second kappa shape index (κ2) is 5.69. The fourth-order valence-electron chi connectivity index (χ4n) is 2.11. The molecule has 1 aliphatic heterocycles. The topological polar surface area (TPSA) is 82.2 Å². The minimum atomic E-state index is -0.566. The van der Waals surface area contributed by atoms with Gasteiger partial charge in [-0.3, -0.25) is 5.41 Å². The van der Waals surface area contributed by atoms with Gasteiger partial charge in [-0.05, 0) is 37.5 Å². The molecule has 1 aliphatic rings. The van der Waals surface area contributed by atoms with E-state index in [4.69, 9.17) is 11.1 Å². The third-order valence-electron chi connectivity index (χ3n) is 3.15. The van der Waals surface area contributed by atoms with Crippen molar-refractivity contribution in [3.05, 3.63) is 29.6 Å². The highest BCUT2D eigenvalue weighted by molar-refractivity contribution is 5.97. The van der Waals surface area contributed by atoms with Crippen molar-refractivity contribution in [2.75, 3.05) is 18.4 Å². The van der Waals surface area contributed by atoms with E-state index >= 15 is 0 Å². The number of nitrogen functional groups attached to an aromatic ring is 1. The maximum atomic E-state index is 13.4. The van der Waals surface area contributed by atoms with Crippen LogP contribution in [0.3, 0.4) is 0 Å². The van der Waals surface area contributed by atoms with E-state index in [0.717, 1.165) is 32.4 Å². The van der Waals surface area contributed by atoms with E-state index in [1.165, 1.54) is 18.2 Å². The number of hydrogen-bond acceptors (Lipinski definition) is 2. The maximum Gasteiger partial charge on any atom is 0.321 e. The highest BCUT2D eigenvalue weighted by atomic mass is 19.1. The van der Waals surface area contributed by atoms with Crippen LogP contribution in [0.5, 0.6) is 0 Å². The van der Waals surface area contributed by atoms with Crippen molar-refractivity contribution in [3.63, 3.8) is 0 Å². The molecule has 1 aromatic carbocycles. The van der Waals surface area contributed by atoms with Crippen LogP contribution in [0.25, 0.3) is 0 Å². The average molecular weight is 264 g/mol. The largest absolute Gasteiger partial charge is 0.384 e. The lowest BCUT2D eigenvalue weighted by Crippen LogP contribution is -2.38. The monoisotopic (exact) mass is 264 g/mol. The number of anilines is 1. The average Bonchev–Trinajstić information content (AvgIpc) is 2.41. The second-order valence-corrected chi connectivity index (χ2v) is 4.59.